The number of hydrogen-bond donors (Lipinski definition) is 0. The summed E-state index contributed by atoms with van der Waals surface area (Å²) in [5.74, 6) is 1.41. The maximum Gasteiger partial charge on any atom is 0.160 e. The molecule has 0 unspecified atom stereocenters. The molecule has 0 spiro atoms. The van der Waals surface area contributed by atoms with Crippen molar-refractivity contribution in [2.45, 2.75) is 13.8 Å². The number of hydrogen-bond acceptors (Lipinski definition) is 3. The van der Waals surface area contributed by atoms with Crippen LogP contribution in [0.15, 0.2) is 23.6 Å². The Bertz CT molecular complexity index is 537. The van der Waals surface area contributed by atoms with Crippen molar-refractivity contribution in [1.29, 1.82) is 0 Å². The molecule has 0 N–H and O–H groups in total. The van der Waals surface area contributed by atoms with Crippen molar-refractivity contribution < 1.29 is 9.53 Å². The summed E-state index contributed by atoms with van der Waals surface area (Å²) in [6.07, 6.45) is 0.815. The van der Waals surface area contributed by atoms with Crippen molar-refractivity contribution in [3.05, 3.63) is 44.6 Å². The standard InChI is InChI=1S/C13H11ClO2S/c1-8-3-10(4-9(2)13(8)14)16-11-5-12(6-15)17-7-11/h3-7H,1-2H3. The average molecular weight is 267 g/mol. The van der Waals surface area contributed by atoms with Crippen molar-refractivity contribution in [2.75, 3.05) is 0 Å². The first-order valence-electron chi connectivity index (χ1n) is 5.08. The minimum absolute atomic E-state index is 0.655. The number of ether oxygens (including phenoxy) is 1. The molecule has 0 fully saturated rings. The SMILES string of the molecule is Cc1cc(Oc2csc(C=O)c2)cc(C)c1Cl. The zero-order valence-electron chi connectivity index (χ0n) is 9.49. The van der Waals surface area contributed by atoms with Gasteiger partial charge in [-0.25, -0.2) is 0 Å². The summed E-state index contributed by atoms with van der Waals surface area (Å²) < 4.78 is 5.67. The monoisotopic (exact) mass is 266 g/mol. The second kappa shape index (κ2) is 4.90. The minimum Gasteiger partial charge on any atom is -0.456 e. The lowest BCUT2D eigenvalue weighted by Crippen LogP contribution is -1.87. The average Bonchev–Trinajstić information content (AvgIpc) is 2.73. The van der Waals surface area contributed by atoms with Gasteiger partial charge in [-0.3, -0.25) is 4.79 Å². The quantitative estimate of drug-likeness (QED) is 0.758. The van der Waals surface area contributed by atoms with Gasteiger partial charge in [-0.2, -0.15) is 0 Å². The molecule has 0 aliphatic rings. The first-order chi connectivity index (χ1) is 8.10. The molecular weight excluding hydrogens is 256 g/mol. The van der Waals surface area contributed by atoms with Crippen molar-refractivity contribution in [3.63, 3.8) is 0 Å². The van der Waals surface area contributed by atoms with Crippen LogP contribution >= 0.6 is 22.9 Å². The Kier molecular flexibility index (Phi) is 3.50. The molecule has 0 bridgehead atoms. The molecule has 1 heterocycles. The summed E-state index contributed by atoms with van der Waals surface area (Å²) in [6, 6.07) is 5.48. The van der Waals surface area contributed by atoms with Crippen molar-refractivity contribution in [1.82, 2.24) is 0 Å². The van der Waals surface area contributed by atoms with Crippen LogP contribution in [0.25, 0.3) is 0 Å². The van der Waals surface area contributed by atoms with Crippen LogP contribution < -0.4 is 4.74 Å². The predicted octanol–water partition coefficient (Wildman–Crippen LogP) is 4.62. The fourth-order valence-electron chi connectivity index (χ4n) is 1.55. The molecule has 2 aromatic rings. The number of aryl methyl sites for hydroxylation is 2. The molecule has 17 heavy (non-hydrogen) atoms. The van der Waals surface area contributed by atoms with Gasteiger partial charge in [-0.1, -0.05) is 11.6 Å². The molecule has 0 aliphatic heterocycles. The molecule has 0 radical (unpaired) electrons. The zero-order valence-corrected chi connectivity index (χ0v) is 11.1. The molecule has 88 valence electrons. The highest BCUT2D eigenvalue weighted by Crippen LogP contribution is 2.30. The molecule has 0 saturated carbocycles. The van der Waals surface area contributed by atoms with Crippen molar-refractivity contribution in [3.8, 4) is 11.5 Å². The number of carbonyl (C=O) groups is 1. The van der Waals surface area contributed by atoms with Crippen LogP contribution in [0, 0.1) is 13.8 Å². The molecular formula is C13H11ClO2S. The van der Waals surface area contributed by atoms with Gasteiger partial charge in [0.05, 0.1) is 4.88 Å². The van der Waals surface area contributed by atoms with E-state index in [1.54, 1.807) is 6.07 Å². The summed E-state index contributed by atoms with van der Waals surface area (Å²) in [6.45, 7) is 3.87. The lowest BCUT2D eigenvalue weighted by Gasteiger charge is -2.08. The predicted molar refractivity (Wildman–Crippen MR) is 70.7 cm³/mol. The molecule has 4 heteroatoms. The van der Waals surface area contributed by atoms with Gasteiger partial charge in [0.15, 0.2) is 6.29 Å². The molecule has 0 saturated heterocycles. The number of rotatable bonds is 3. The van der Waals surface area contributed by atoms with E-state index in [9.17, 15) is 4.79 Å². The zero-order chi connectivity index (χ0) is 12.4. The van der Waals surface area contributed by atoms with E-state index in [-0.39, 0.29) is 0 Å². The lowest BCUT2D eigenvalue weighted by molar-refractivity contribution is 0.112. The van der Waals surface area contributed by atoms with E-state index in [4.69, 9.17) is 16.3 Å². The van der Waals surface area contributed by atoms with Crippen molar-refractivity contribution >= 4 is 29.2 Å². The Morgan fingerprint density at radius 1 is 1.18 bits per heavy atom. The van der Waals surface area contributed by atoms with E-state index in [2.05, 4.69) is 0 Å². The van der Waals surface area contributed by atoms with Crippen LogP contribution in [0.3, 0.4) is 0 Å². The Morgan fingerprint density at radius 3 is 2.35 bits per heavy atom. The molecule has 1 aromatic heterocycles. The molecule has 0 aliphatic carbocycles. The Labute approximate surface area is 109 Å². The molecule has 1 aromatic carbocycles. The van der Waals surface area contributed by atoms with Gasteiger partial charge in [0.2, 0.25) is 0 Å². The van der Waals surface area contributed by atoms with Crippen molar-refractivity contribution in [2.24, 2.45) is 0 Å². The third kappa shape index (κ3) is 2.68. The van der Waals surface area contributed by atoms with Crippen LogP contribution in [-0.4, -0.2) is 6.29 Å². The molecule has 0 amide bonds. The highest BCUT2D eigenvalue weighted by molar-refractivity contribution is 7.11. The van der Waals surface area contributed by atoms with E-state index in [1.165, 1.54) is 11.3 Å². The summed E-state index contributed by atoms with van der Waals surface area (Å²) in [5, 5.41) is 2.57. The van der Waals surface area contributed by atoms with Gasteiger partial charge in [-0.15, -0.1) is 11.3 Å². The Balaban J connectivity index is 2.27. The minimum atomic E-state index is 0.655. The van der Waals surface area contributed by atoms with E-state index in [0.717, 1.165) is 28.2 Å². The first-order valence-corrected chi connectivity index (χ1v) is 6.34. The molecule has 0 atom stereocenters. The highest BCUT2D eigenvalue weighted by Gasteiger charge is 2.06. The lowest BCUT2D eigenvalue weighted by atomic mass is 10.1. The van der Waals surface area contributed by atoms with E-state index < -0.39 is 0 Å². The van der Waals surface area contributed by atoms with E-state index >= 15 is 0 Å². The normalized spacial score (nSPS) is 10.3. The molecule has 2 rings (SSSR count). The first kappa shape index (κ1) is 12.1. The topological polar surface area (TPSA) is 26.3 Å². The second-order valence-corrected chi connectivity index (χ2v) is 5.10. The summed E-state index contributed by atoms with van der Waals surface area (Å²) >= 11 is 7.44. The molecule has 2 nitrogen and oxygen atoms in total. The van der Waals surface area contributed by atoms with Crippen LogP contribution in [0.1, 0.15) is 20.8 Å². The van der Waals surface area contributed by atoms with Crippen LogP contribution in [0.2, 0.25) is 5.02 Å². The van der Waals surface area contributed by atoms with E-state index in [0.29, 0.717) is 10.6 Å². The summed E-state index contributed by atoms with van der Waals surface area (Å²) in [7, 11) is 0. The van der Waals surface area contributed by atoms with E-state index in [1.807, 2.05) is 31.4 Å². The van der Waals surface area contributed by atoms with Crippen LogP contribution in [0.4, 0.5) is 0 Å². The third-order valence-electron chi connectivity index (χ3n) is 2.36. The fraction of sp³-hybridized carbons (Fsp3) is 0.154. The summed E-state index contributed by atoms with van der Waals surface area (Å²) in [5.41, 5.74) is 1.96. The fourth-order valence-corrected chi connectivity index (χ4v) is 2.27. The smallest absolute Gasteiger partial charge is 0.160 e. The highest BCUT2D eigenvalue weighted by atomic mass is 35.5. The number of halogens is 1. The summed E-state index contributed by atoms with van der Waals surface area (Å²) in [4.78, 5) is 11.2. The Hall–Kier alpha value is -1.32. The third-order valence-corrected chi connectivity index (χ3v) is 3.79. The van der Waals surface area contributed by atoms with Gasteiger partial charge >= 0.3 is 0 Å². The van der Waals surface area contributed by atoms with Gasteiger partial charge < -0.3 is 4.74 Å². The van der Waals surface area contributed by atoms with Gasteiger partial charge in [0, 0.05) is 16.5 Å². The van der Waals surface area contributed by atoms with Gasteiger partial charge in [-0.05, 0) is 37.1 Å². The van der Waals surface area contributed by atoms with Crippen LogP contribution in [0.5, 0.6) is 11.5 Å². The number of benzene rings is 1. The maximum atomic E-state index is 10.6. The number of thiophene rings is 1. The number of carbonyl (C=O) groups excluding carboxylic acids is 1. The maximum absolute atomic E-state index is 10.6. The van der Waals surface area contributed by atoms with Gasteiger partial charge in [0.25, 0.3) is 0 Å². The van der Waals surface area contributed by atoms with Crippen LogP contribution in [-0.2, 0) is 0 Å². The second-order valence-electron chi connectivity index (χ2n) is 3.78. The number of aldehydes is 1. The Morgan fingerprint density at radius 2 is 1.82 bits per heavy atom. The largest absolute Gasteiger partial charge is 0.456 e. The van der Waals surface area contributed by atoms with Gasteiger partial charge in [0.1, 0.15) is 11.5 Å².